The van der Waals surface area contributed by atoms with Crippen LogP contribution in [0.4, 0.5) is 5.82 Å². The van der Waals surface area contributed by atoms with Crippen LogP contribution in [-0.4, -0.2) is 17.0 Å². The molecule has 0 aliphatic rings. The fourth-order valence-electron chi connectivity index (χ4n) is 1.68. The summed E-state index contributed by atoms with van der Waals surface area (Å²) in [6.07, 6.45) is 0. The van der Waals surface area contributed by atoms with Gasteiger partial charge in [-0.05, 0) is 18.2 Å². The molecule has 1 N–H and O–H groups in total. The lowest BCUT2D eigenvalue weighted by molar-refractivity contribution is 0.777. The van der Waals surface area contributed by atoms with Crippen LogP contribution in [0, 0.1) is 0 Å². The van der Waals surface area contributed by atoms with Crippen molar-refractivity contribution in [3.63, 3.8) is 0 Å². The van der Waals surface area contributed by atoms with Crippen molar-refractivity contribution in [1.82, 2.24) is 9.97 Å². The Hall–Kier alpha value is -1.32. The molecule has 1 aromatic carbocycles. The number of anilines is 1. The number of hydrogen-bond donors (Lipinski definition) is 1. The molecule has 0 spiro atoms. The van der Waals surface area contributed by atoms with Crippen LogP contribution in [0.5, 0.6) is 0 Å². The zero-order chi connectivity index (χ0) is 14.0. The number of hydrogen-bond acceptors (Lipinski definition) is 3. The molecule has 0 unspecified atom stereocenters. The Labute approximate surface area is 123 Å². The van der Waals surface area contributed by atoms with Crippen molar-refractivity contribution in [2.24, 2.45) is 0 Å². The van der Waals surface area contributed by atoms with Gasteiger partial charge in [-0.1, -0.05) is 37.0 Å². The summed E-state index contributed by atoms with van der Waals surface area (Å²) >= 11 is 12.2. The van der Waals surface area contributed by atoms with E-state index < -0.39 is 0 Å². The summed E-state index contributed by atoms with van der Waals surface area (Å²) in [5, 5.41) is 4.30. The van der Waals surface area contributed by atoms with Crippen molar-refractivity contribution < 1.29 is 0 Å². The maximum atomic E-state index is 6.22. The van der Waals surface area contributed by atoms with E-state index in [4.69, 9.17) is 23.2 Å². The molecule has 19 heavy (non-hydrogen) atoms. The van der Waals surface area contributed by atoms with E-state index in [2.05, 4.69) is 29.1 Å². The molecule has 1 heterocycles. The van der Waals surface area contributed by atoms with Crippen molar-refractivity contribution in [3.05, 3.63) is 40.1 Å². The summed E-state index contributed by atoms with van der Waals surface area (Å²) in [4.78, 5) is 8.99. The van der Waals surface area contributed by atoms with Gasteiger partial charge in [0.1, 0.15) is 11.6 Å². The molecular formula is C14H15Cl2N3. The van der Waals surface area contributed by atoms with Gasteiger partial charge in [-0.3, -0.25) is 0 Å². The van der Waals surface area contributed by atoms with Gasteiger partial charge >= 0.3 is 0 Å². The lowest BCUT2D eigenvalue weighted by Gasteiger charge is -2.11. The van der Waals surface area contributed by atoms with E-state index in [0.29, 0.717) is 10.0 Å². The lowest BCUT2D eigenvalue weighted by atomic mass is 10.1. The minimum absolute atomic E-state index is 0.241. The molecule has 0 atom stereocenters. The molecule has 0 bridgehead atoms. The molecule has 2 rings (SSSR count). The SMILES string of the molecule is CNc1cc(-c2cc(Cl)ccc2Cl)nc(C(C)C)n1. The fraction of sp³-hybridized carbons (Fsp3) is 0.286. The van der Waals surface area contributed by atoms with Crippen molar-refractivity contribution >= 4 is 29.0 Å². The van der Waals surface area contributed by atoms with Gasteiger partial charge in [0.15, 0.2) is 0 Å². The zero-order valence-corrected chi connectivity index (χ0v) is 12.5. The molecule has 2 aromatic rings. The van der Waals surface area contributed by atoms with E-state index in [1.165, 1.54) is 0 Å². The second kappa shape index (κ2) is 5.76. The second-order valence-electron chi connectivity index (χ2n) is 4.53. The summed E-state index contributed by atoms with van der Waals surface area (Å²) in [5.74, 6) is 1.78. The number of aromatic nitrogens is 2. The van der Waals surface area contributed by atoms with Crippen LogP contribution >= 0.6 is 23.2 Å². The molecular weight excluding hydrogens is 281 g/mol. The van der Waals surface area contributed by atoms with E-state index in [9.17, 15) is 0 Å². The normalized spacial score (nSPS) is 10.8. The van der Waals surface area contributed by atoms with Crippen LogP contribution in [0.2, 0.25) is 10.0 Å². The number of halogens is 2. The lowest BCUT2D eigenvalue weighted by Crippen LogP contribution is -2.03. The van der Waals surface area contributed by atoms with Gasteiger partial charge in [-0.15, -0.1) is 0 Å². The molecule has 0 aliphatic carbocycles. The maximum absolute atomic E-state index is 6.22. The molecule has 0 aliphatic heterocycles. The Bertz CT molecular complexity index is 597. The molecule has 0 radical (unpaired) electrons. The molecule has 1 aromatic heterocycles. The van der Waals surface area contributed by atoms with Crippen LogP contribution in [0.3, 0.4) is 0 Å². The smallest absolute Gasteiger partial charge is 0.133 e. The van der Waals surface area contributed by atoms with Crippen molar-refractivity contribution in [3.8, 4) is 11.3 Å². The van der Waals surface area contributed by atoms with Crippen LogP contribution < -0.4 is 5.32 Å². The largest absolute Gasteiger partial charge is 0.373 e. The molecule has 100 valence electrons. The van der Waals surface area contributed by atoms with Gasteiger partial charge in [0, 0.05) is 29.6 Å². The summed E-state index contributed by atoms with van der Waals surface area (Å²) in [7, 11) is 1.83. The van der Waals surface area contributed by atoms with Gasteiger partial charge in [0.05, 0.1) is 10.7 Å². The molecule has 3 nitrogen and oxygen atoms in total. The van der Waals surface area contributed by atoms with E-state index in [0.717, 1.165) is 22.9 Å². The van der Waals surface area contributed by atoms with Gasteiger partial charge in [-0.2, -0.15) is 0 Å². The molecule has 0 saturated carbocycles. The third-order valence-corrected chi connectivity index (χ3v) is 3.29. The third kappa shape index (κ3) is 3.17. The number of nitrogens with one attached hydrogen (secondary N) is 1. The number of rotatable bonds is 3. The van der Waals surface area contributed by atoms with Gasteiger partial charge in [-0.25, -0.2) is 9.97 Å². The summed E-state index contributed by atoms with van der Waals surface area (Å²) in [5.41, 5.74) is 1.59. The summed E-state index contributed by atoms with van der Waals surface area (Å²) in [6.45, 7) is 4.11. The van der Waals surface area contributed by atoms with Gasteiger partial charge in [0.25, 0.3) is 0 Å². The van der Waals surface area contributed by atoms with Crippen LogP contribution in [-0.2, 0) is 0 Å². The second-order valence-corrected chi connectivity index (χ2v) is 5.37. The molecule has 0 amide bonds. The first-order chi connectivity index (χ1) is 9.01. The summed E-state index contributed by atoms with van der Waals surface area (Å²) < 4.78 is 0. The molecule has 5 heteroatoms. The van der Waals surface area contributed by atoms with Gasteiger partial charge < -0.3 is 5.32 Å². The van der Waals surface area contributed by atoms with Crippen molar-refractivity contribution in [1.29, 1.82) is 0 Å². The van der Waals surface area contributed by atoms with Crippen molar-refractivity contribution in [2.75, 3.05) is 12.4 Å². The monoisotopic (exact) mass is 295 g/mol. The fourth-order valence-corrected chi connectivity index (χ4v) is 2.07. The quantitative estimate of drug-likeness (QED) is 0.898. The van der Waals surface area contributed by atoms with Crippen LogP contribution in [0.15, 0.2) is 24.3 Å². The van der Waals surface area contributed by atoms with Crippen molar-refractivity contribution in [2.45, 2.75) is 19.8 Å². The highest BCUT2D eigenvalue weighted by Gasteiger charge is 2.11. The maximum Gasteiger partial charge on any atom is 0.133 e. The van der Waals surface area contributed by atoms with Crippen LogP contribution in [0.25, 0.3) is 11.3 Å². The highest BCUT2D eigenvalue weighted by Crippen LogP contribution is 2.31. The van der Waals surface area contributed by atoms with Gasteiger partial charge in [0.2, 0.25) is 0 Å². The summed E-state index contributed by atoms with van der Waals surface area (Å²) in [6, 6.07) is 7.21. The minimum atomic E-state index is 0.241. The van der Waals surface area contributed by atoms with E-state index >= 15 is 0 Å². The third-order valence-electron chi connectivity index (χ3n) is 2.72. The Morgan fingerprint density at radius 2 is 1.84 bits per heavy atom. The highest BCUT2D eigenvalue weighted by molar-refractivity contribution is 6.35. The zero-order valence-electron chi connectivity index (χ0n) is 11.0. The first-order valence-corrected chi connectivity index (χ1v) is 6.79. The number of benzene rings is 1. The highest BCUT2D eigenvalue weighted by atomic mass is 35.5. The van der Waals surface area contributed by atoms with Crippen LogP contribution in [0.1, 0.15) is 25.6 Å². The van der Waals surface area contributed by atoms with E-state index in [-0.39, 0.29) is 5.92 Å². The minimum Gasteiger partial charge on any atom is -0.373 e. The predicted molar refractivity (Wildman–Crippen MR) is 81.1 cm³/mol. The predicted octanol–water partition coefficient (Wildman–Crippen LogP) is 4.62. The first kappa shape index (κ1) is 14.1. The van der Waals surface area contributed by atoms with E-state index in [1.807, 2.05) is 19.2 Å². The Morgan fingerprint density at radius 1 is 1.11 bits per heavy atom. The average Bonchev–Trinajstić information content (AvgIpc) is 2.40. The first-order valence-electron chi connectivity index (χ1n) is 6.03. The standard InChI is InChI=1S/C14H15Cl2N3/c1-8(2)14-18-12(7-13(17-3)19-14)10-6-9(15)4-5-11(10)16/h4-8H,1-3H3,(H,17,18,19). The molecule has 0 fully saturated rings. The Kier molecular flexibility index (Phi) is 4.27. The Balaban J connectivity index is 2.60. The Morgan fingerprint density at radius 3 is 2.47 bits per heavy atom. The average molecular weight is 296 g/mol. The number of nitrogens with zero attached hydrogens (tertiary/aromatic N) is 2. The topological polar surface area (TPSA) is 37.8 Å². The molecule has 0 saturated heterocycles. The van der Waals surface area contributed by atoms with E-state index in [1.54, 1.807) is 12.1 Å².